The van der Waals surface area contributed by atoms with Gasteiger partial charge in [-0.05, 0) is 31.4 Å². The fraction of sp³-hybridized carbons (Fsp3) is 0.474. The number of carbonyl (C=O) groups is 1. The van der Waals surface area contributed by atoms with Crippen molar-refractivity contribution in [2.45, 2.75) is 25.9 Å². The van der Waals surface area contributed by atoms with Gasteiger partial charge < -0.3 is 9.64 Å². The van der Waals surface area contributed by atoms with Gasteiger partial charge in [0.05, 0.1) is 6.61 Å². The summed E-state index contributed by atoms with van der Waals surface area (Å²) in [5.74, 6) is 0.515. The first kappa shape index (κ1) is 19.3. The summed E-state index contributed by atoms with van der Waals surface area (Å²) in [6.07, 6.45) is -2.87. The van der Waals surface area contributed by atoms with E-state index in [1.54, 1.807) is 4.90 Å². The second-order valence-corrected chi connectivity index (χ2v) is 6.87. The zero-order valence-electron chi connectivity index (χ0n) is 15.3. The van der Waals surface area contributed by atoms with Gasteiger partial charge >= 0.3 is 6.18 Å². The first-order chi connectivity index (χ1) is 12.8. The lowest BCUT2D eigenvalue weighted by Gasteiger charge is -2.32. The Kier molecular flexibility index (Phi) is 5.43. The van der Waals surface area contributed by atoms with E-state index in [1.807, 2.05) is 31.2 Å². The van der Waals surface area contributed by atoms with Crippen LogP contribution in [-0.2, 0) is 13.2 Å². The summed E-state index contributed by atoms with van der Waals surface area (Å²) in [7, 11) is 1.35. The van der Waals surface area contributed by atoms with Crippen LogP contribution in [0.15, 0.2) is 30.3 Å². The summed E-state index contributed by atoms with van der Waals surface area (Å²) in [4.78, 5) is 14.3. The lowest BCUT2D eigenvalue weighted by atomic mass is 9.98. The van der Waals surface area contributed by atoms with Crippen LogP contribution < -0.4 is 4.74 Å². The minimum atomic E-state index is -4.57. The van der Waals surface area contributed by atoms with Gasteiger partial charge in [0.2, 0.25) is 0 Å². The highest BCUT2D eigenvalue weighted by atomic mass is 19.4. The number of aryl methyl sites for hydroxylation is 2. The maximum Gasteiger partial charge on any atom is 0.435 e. The van der Waals surface area contributed by atoms with E-state index in [0.29, 0.717) is 19.7 Å². The van der Waals surface area contributed by atoms with Crippen LogP contribution in [0, 0.1) is 12.8 Å². The monoisotopic (exact) mass is 381 g/mol. The van der Waals surface area contributed by atoms with Gasteiger partial charge in [-0.15, -0.1) is 0 Å². The molecular formula is C19H22F3N3O2. The van der Waals surface area contributed by atoms with Crippen molar-refractivity contribution >= 4 is 5.91 Å². The molecule has 0 unspecified atom stereocenters. The summed E-state index contributed by atoms with van der Waals surface area (Å²) in [6.45, 7) is 3.41. The molecule has 1 aromatic carbocycles. The largest absolute Gasteiger partial charge is 0.493 e. The van der Waals surface area contributed by atoms with Crippen LogP contribution in [0.1, 0.15) is 34.6 Å². The maximum absolute atomic E-state index is 12.8. The summed E-state index contributed by atoms with van der Waals surface area (Å²) in [6, 6.07) is 8.52. The number of likely N-dealkylation sites (tertiary alicyclic amines) is 1. The molecule has 0 aliphatic carbocycles. The molecule has 1 aliphatic heterocycles. The molecule has 3 rings (SSSR count). The van der Waals surface area contributed by atoms with Gasteiger partial charge in [0.25, 0.3) is 5.91 Å². The number of hydrogen-bond acceptors (Lipinski definition) is 3. The Balaban J connectivity index is 1.65. The van der Waals surface area contributed by atoms with Gasteiger partial charge in [0.1, 0.15) is 11.4 Å². The molecule has 0 bridgehead atoms. The number of rotatable bonds is 4. The van der Waals surface area contributed by atoms with Crippen molar-refractivity contribution in [3.63, 3.8) is 0 Å². The van der Waals surface area contributed by atoms with Gasteiger partial charge in [-0.2, -0.15) is 18.3 Å². The van der Waals surface area contributed by atoms with E-state index >= 15 is 0 Å². The van der Waals surface area contributed by atoms with Crippen molar-refractivity contribution in [1.82, 2.24) is 14.7 Å². The molecule has 5 nitrogen and oxygen atoms in total. The molecule has 1 saturated heterocycles. The number of alkyl halides is 3. The molecule has 27 heavy (non-hydrogen) atoms. The molecule has 0 radical (unpaired) electrons. The molecule has 1 aliphatic rings. The van der Waals surface area contributed by atoms with E-state index in [0.717, 1.165) is 34.9 Å². The van der Waals surface area contributed by atoms with Crippen LogP contribution in [0.5, 0.6) is 5.75 Å². The van der Waals surface area contributed by atoms with Gasteiger partial charge in [-0.25, -0.2) is 0 Å². The van der Waals surface area contributed by atoms with Gasteiger partial charge in [-0.1, -0.05) is 18.2 Å². The summed E-state index contributed by atoms with van der Waals surface area (Å²) < 4.78 is 45.4. The molecule has 1 atom stereocenters. The van der Waals surface area contributed by atoms with Crippen LogP contribution >= 0.6 is 0 Å². The lowest BCUT2D eigenvalue weighted by Crippen LogP contribution is -2.42. The second kappa shape index (κ2) is 7.62. The Hall–Kier alpha value is -2.51. The number of para-hydroxylation sites is 1. The normalized spacial score (nSPS) is 17.8. The molecule has 146 valence electrons. The molecule has 0 spiro atoms. The Bertz CT molecular complexity index is 817. The minimum absolute atomic E-state index is 0.0530. The number of ether oxygens (including phenoxy) is 1. The number of benzene rings is 1. The maximum atomic E-state index is 12.8. The topological polar surface area (TPSA) is 47.4 Å². The molecule has 8 heteroatoms. The Morgan fingerprint density at radius 2 is 2.07 bits per heavy atom. The highest BCUT2D eigenvalue weighted by Crippen LogP contribution is 2.29. The van der Waals surface area contributed by atoms with Crippen LogP contribution in [0.4, 0.5) is 13.2 Å². The molecule has 2 heterocycles. The number of piperidine rings is 1. The summed E-state index contributed by atoms with van der Waals surface area (Å²) in [5.41, 5.74) is -0.0663. The number of amides is 1. The Morgan fingerprint density at radius 3 is 2.74 bits per heavy atom. The molecule has 2 aromatic rings. The van der Waals surface area contributed by atoms with Crippen molar-refractivity contribution in [2.75, 3.05) is 19.7 Å². The average Bonchev–Trinajstić information content (AvgIpc) is 3.03. The van der Waals surface area contributed by atoms with Crippen LogP contribution in [0.25, 0.3) is 0 Å². The first-order valence-corrected chi connectivity index (χ1v) is 8.84. The predicted molar refractivity (Wildman–Crippen MR) is 93.5 cm³/mol. The van der Waals surface area contributed by atoms with Crippen molar-refractivity contribution < 1.29 is 22.7 Å². The van der Waals surface area contributed by atoms with Crippen LogP contribution in [-0.4, -0.2) is 40.3 Å². The third-order valence-electron chi connectivity index (χ3n) is 4.76. The molecule has 1 amide bonds. The molecule has 1 fully saturated rings. The first-order valence-electron chi connectivity index (χ1n) is 8.84. The molecular weight excluding hydrogens is 359 g/mol. The average molecular weight is 381 g/mol. The van der Waals surface area contributed by atoms with E-state index in [1.165, 1.54) is 7.05 Å². The molecule has 0 saturated carbocycles. The minimum Gasteiger partial charge on any atom is -0.493 e. The van der Waals surface area contributed by atoms with Crippen molar-refractivity contribution in [3.8, 4) is 5.75 Å². The zero-order valence-corrected chi connectivity index (χ0v) is 15.3. The number of nitrogens with zero attached hydrogens (tertiary/aromatic N) is 3. The van der Waals surface area contributed by atoms with Gasteiger partial charge in [0, 0.05) is 32.1 Å². The quantitative estimate of drug-likeness (QED) is 0.812. The number of halogens is 3. The second-order valence-electron chi connectivity index (χ2n) is 6.87. The molecule has 0 N–H and O–H groups in total. The number of carbonyl (C=O) groups excluding carboxylic acids is 1. The summed E-state index contributed by atoms with van der Waals surface area (Å²) >= 11 is 0. The predicted octanol–water partition coefficient (Wildman–Crippen LogP) is 3.68. The standard InChI is InChI=1S/C19H22F3N3O2/c1-13-6-3-4-8-16(13)27-12-14-7-5-9-25(11-14)18(26)15-10-17(19(20,21)22)23-24(15)2/h3-4,6,8,10,14H,5,7,9,11-12H2,1-2H3/t14-/m0/s1. The van der Waals surface area contributed by atoms with Crippen molar-refractivity contribution in [3.05, 3.63) is 47.3 Å². The Morgan fingerprint density at radius 1 is 1.33 bits per heavy atom. The number of aromatic nitrogens is 2. The van der Waals surface area contributed by atoms with Crippen LogP contribution in [0.3, 0.4) is 0 Å². The third kappa shape index (κ3) is 4.43. The fourth-order valence-electron chi connectivity index (χ4n) is 3.28. The number of hydrogen-bond donors (Lipinski definition) is 0. The van der Waals surface area contributed by atoms with Gasteiger partial charge in [-0.3, -0.25) is 9.48 Å². The van der Waals surface area contributed by atoms with Gasteiger partial charge in [0.15, 0.2) is 5.69 Å². The summed E-state index contributed by atoms with van der Waals surface area (Å²) in [5, 5.41) is 3.42. The SMILES string of the molecule is Cc1ccccc1OC[C@H]1CCCN(C(=O)c2cc(C(F)(F)F)nn2C)C1. The van der Waals surface area contributed by atoms with Crippen molar-refractivity contribution in [1.29, 1.82) is 0 Å². The van der Waals surface area contributed by atoms with E-state index in [9.17, 15) is 18.0 Å². The molecule has 1 aromatic heterocycles. The van der Waals surface area contributed by atoms with Crippen LogP contribution in [0.2, 0.25) is 0 Å². The fourth-order valence-corrected chi connectivity index (χ4v) is 3.28. The highest BCUT2D eigenvalue weighted by molar-refractivity contribution is 5.92. The zero-order chi connectivity index (χ0) is 19.6. The lowest BCUT2D eigenvalue weighted by molar-refractivity contribution is -0.141. The van der Waals surface area contributed by atoms with E-state index < -0.39 is 17.8 Å². The van der Waals surface area contributed by atoms with Crippen molar-refractivity contribution in [2.24, 2.45) is 13.0 Å². The smallest absolute Gasteiger partial charge is 0.435 e. The van der Waals surface area contributed by atoms with E-state index in [-0.39, 0.29) is 11.6 Å². The highest BCUT2D eigenvalue weighted by Gasteiger charge is 2.36. The van der Waals surface area contributed by atoms with E-state index in [2.05, 4.69) is 5.10 Å². The van der Waals surface area contributed by atoms with E-state index in [4.69, 9.17) is 4.74 Å². The third-order valence-corrected chi connectivity index (χ3v) is 4.76. The Labute approximate surface area is 155 Å².